The van der Waals surface area contributed by atoms with E-state index in [-0.39, 0.29) is 31.0 Å². The maximum absolute atomic E-state index is 13.8. The summed E-state index contributed by atoms with van der Waals surface area (Å²) in [5.74, 6) is -2.31. The molecule has 44 heavy (non-hydrogen) atoms. The predicted molar refractivity (Wildman–Crippen MR) is 156 cm³/mol. The SMILES string of the molecule is C[C@](O)(NC(=O)OCc1ccccc1)C(=O)N[C@@H](Cc1ccccc1)C(=O)N1CCC[C@H]1C(=O)Oc1ccc([N+](=O)[O-])cc1. The lowest BCUT2D eigenvalue weighted by atomic mass is 10.0. The van der Waals surface area contributed by atoms with Gasteiger partial charge in [-0.2, -0.15) is 0 Å². The third-order valence-electron chi connectivity index (χ3n) is 6.96. The van der Waals surface area contributed by atoms with Crippen LogP contribution in [-0.2, 0) is 32.1 Å². The second-order valence-electron chi connectivity index (χ2n) is 10.3. The number of ether oxygens (including phenoxy) is 2. The molecule has 230 valence electrons. The Morgan fingerprint density at radius 3 is 2.23 bits per heavy atom. The van der Waals surface area contributed by atoms with E-state index in [1.807, 2.05) is 0 Å². The van der Waals surface area contributed by atoms with Crippen molar-refractivity contribution in [3.8, 4) is 5.75 Å². The van der Waals surface area contributed by atoms with Gasteiger partial charge in [0.15, 0.2) is 0 Å². The van der Waals surface area contributed by atoms with Gasteiger partial charge in [0.25, 0.3) is 11.6 Å². The lowest BCUT2D eigenvalue weighted by molar-refractivity contribution is -0.384. The normalized spacial score (nSPS) is 16.2. The average molecular weight is 605 g/mol. The molecule has 1 aliphatic rings. The minimum atomic E-state index is -2.44. The monoisotopic (exact) mass is 604 g/mol. The number of carbonyl (C=O) groups excluding carboxylic acids is 4. The summed E-state index contributed by atoms with van der Waals surface area (Å²) in [6.45, 7) is 1.17. The molecule has 3 aromatic rings. The van der Waals surface area contributed by atoms with Gasteiger partial charge >= 0.3 is 12.1 Å². The van der Waals surface area contributed by atoms with Crippen LogP contribution in [0.2, 0.25) is 0 Å². The van der Waals surface area contributed by atoms with Crippen LogP contribution in [0, 0.1) is 10.1 Å². The highest BCUT2D eigenvalue weighted by Gasteiger charge is 2.41. The Bertz CT molecular complexity index is 1480. The number of amides is 3. The minimum Gasteiger partial charge on any atom is -0.445 e. The average Bonchev–Trinajstić information content (AvgIpc) is 3.51. The summed E-state index contributed by atoms with van der Waals surface area (Å²) in [5, 5.41) is 26.3. The summed E-state index contributed by atoms with van der Waals surface area (Å²) in [6.07, 6.45) is -0.227. The van der Waals surface area contributed by atoms with Crippen LogP contribution in [0.3, 0.4) is 0 Å². The van der Waals surface area contributed by atoms with Crippen molar-refractivity contribution in [2.24, 2.45) is 0 Å². The van der Waals surface area contributed by atoms with E-state index in [1.165, 1.54) is 29.2 Å². The Hall–Kier alpha value is -5.30. The van der Waals surface area contributed by atoms with Gasteiger partial charge < -0.3 is 24.8 Å². The van der Waals surface area contributed by atoms with E-state index >= 15 is 0 Å². The molecule has 0 unspecified atom stereocenters. The van der Waals surface area contributed by atoms with E-state index in [1.54, 1.807) is 60.7 Å². The largest absolute Gasteiger partial charge is 0.445 e. The third kappa shape index (κ3) is 8.38. The molecule has 0 aliphatic carbocycles. The van der Waals surface area contributed by atoms with E-state index in [4.69, 9.17) is 9.47 Å². The summed E-state index contributed by atoms with van der Waals surface area (Å²) >= 11 is 0. The Morgan fingerprint density at radius 2 is 1.61 bits per heavy atom. The van der Waals surface area contributed by atoms with Gasteiger partial charge in [-0.25, -0.2) is 9.59 Å². The molecule has 13 heteroatoms. The molecule has 3 N–H and O–H groups in total. The van der Waals surface area contributed by atoms with Crippen molar-refractivity contribution in [3.63, 3.8) is 0 Å². The zero-order valence-corrected chi connectivity index (χ0v) is 23.9. The summed E-state index contributed by atoms with van der Waals surface area (Å²) in [7, 11) is 0. The molecule has 1 heterocycles. The van der Waals surface area contributed by atoms with Crippen molar-refractivity contribution in [2.75, 3.05) is 6.54 Å². The molecule has 1 fully saturated rings. The van der Waals surface area contributed by atoms with Crippen LogP contribution in [0.15, 0.2) is 84.9 Å². The molecule has 0 bridgehead atoms. The maximum atomic E-state index is 13.8. The molecule has 3 atom stereocenters. The van der Waals surface area contributed by atoms with Crippen LogP contribution in [0.1, 0.15) is 30.9 Å². The van der Waals surface area contributed by atoms with E-state index in [0.29, 0.717) is 24.0 Å². The number of likely N-dealkylation sites (tertiary alicyclic amines) is 1. The van der Waals surface area contributed by atoms with Crippen LogP contribution in [0.5, 0.6) is 5.75 Å². The lowest BCUT2D eigenvalue weighted by Crippen LogP contribution is -2.61. The van der Waals surface area contributed by atoms with Crippen LogP contribution in [0.4, 0.5) is 10.5 Å². The molecule has 3 amide bonds. The van der Waals surface area contributed by atoms with E-state index in [2.05, 4.69) is 10.6 Å². The number of hydrogen-bond donors (Lipinski definition) is 3. The lowest BCUT2D eigenvalue weighted by Gasteiger charge is -2.30. The number of nitro benzene ring substituents is 1. The summed E-state index contributed by atoms with van der Waals surface area (Å²) < 4.78 is 10.5. The molecular formula is C31H32N4O9. The first-order valence-electron chi connectivity index (χ1n) is 13.9. The molecule has 1 saturated heterocycles. The van der Waals surface area contributed by atoms with E-state index in [9.17, 15) is 34.4 Å². The summed E-state index contributed by atoms with van der Waals surface area (Å²) in [4.78, 5) is 64.0. The Labute approximate surface area is 252 Å². The van der Waals surface area contributed by atoms with Crippen molar-refractivity contribution >= 4 is 29.6 Å². The number of nitro groups is 1. The highest BCUT2D eigenvalue weighted by Crippen LogP contribution is 2.24. The van der Waals surface area contributed by atoms with Gasteiger partial charge in [-0.05, 0) is 43.0 Å². The zero-order valence-electron chi connectivity index (χ0n) is 23.9. The van der Waals surface area contributed by atoms with Crippen molar-refractivity contribution in [2.45, 2.75) is 50.6 Å². The smallest absolute Gasteiger partial charge is 0.410 e. The molecule has 0 aromatic heterocycles. The van der Waals surface area contributed by atoms with Crippen molar-refractivity contribution in [1.82, 2.24) is 15.5 Å². The number of nitrogens with zero attached hydrogens (tertiary/aromatic N) is 2. The standard InChI is InChI=1S/C31H32N4O9/c1-31(40,33-30(39)43-20-22-11-6-3-7-12-22)29(38)32-25(19-21-9-4-2-5-10-21)27(36)34-18-8-13-26(34)28(37)44-24-16-14-23(15-17-24)35(41)42/h2-7,9-12,14-17,25-26,40H,8,13,18-20H2,1H3,(H,32,38)(H,33,39)/t25-,26-,31+/m0/s1. The third-order valence-corrected chi connectivity index (χ3v) is 6.96. The van der Waals surface area contributed by atoms with Crippen LogP contribution in [0.25, 0.3) is 0 Å². The predicted octanol–water partition coefficient (Wildman–Crippen LogP) is 2.85. The highest BCUT2D eigenvalue weighted by molar-refractivity contribution is 5.94. The van der Waals surface area contributed by atoms with Crippen LogP contribution >= 0.6 is 0 Å². The van der Waals surface area contributed by atoms with Crippen LogP contribution < -0.4 is 15.4 Å². The summed E-state index contributed by atoms with van der Waals surface area (Å²) in [5.41, 5.74) is -1.21. The fraction of sp³-hybridized carbons (Fsp3) is 0.290. The van der Waals surface area contributed by atoms with Gasteiger partial charge in [-0.3, -0.25) is 25.0 Å². The molecule has 0 spiro atoms. The van der Waals surface area contributed by atoms with Crippen LogP contribution in [-0.4, -0.2) is 63.2 Å². The van der Waals surface area contributed by atoms with Gasteiger partial charge in [-0.15, -0.1) is 0 Å². The number of hydrogen-bond acceptors (Lipinski definition) is 9. The van der Waals surface area contributed by atoms with Gasteiger partial charge in [0.05, 0.1) is 4.92 Å². The van der Waals surface area contributed by atoms with E-state index < -0.39 is 46.6 Å². The van der Waals surface area contributed by atoms with Gasteiger partial charge in [0.1, 0.15) is 24.4 Å². The molecule has 3 aromatic carbocycles. The van der Waals surface area contributed by atoms with Crippen molar-refractivity contribution < 1.29 is 38.7 Å². The first-order chi connectivity index (χ1) is 21.0. The first-order valence-corrected chi connectivity index (χ1v) is 13.9. The molecule has 0 radical (unpaired) electrons. The molecular weight excluding hydrogens is 572 g/mol. The number of esters is 1. The second-order valence-corrected chi connectivity index (χ2v) is 10.3. The highest BCUT2D eigenvalue weighted by atomic mass is 16.6. The quantitative estimate of drug-likeness (QED) is 0.0976. The Balaban J connectivity index is 1.45. The Kier molecular flexibility index (Phi) is 10.2. The van der Waals surface area contributed by atoms with Crippen molar-refractivity contribution in [3.05, 3.63) is 106 Å². The molecule has 1 aliphatic heterocycles. The van der Waals surface area contributed by atoms with E-state index in [0.717, 1.165) is 6.92 Å². The fourth-order valence-electron chi connectivity index (χ4n) is 4.66. The van der Waals surface area contributed by atoms with Gasteiger partial charge in [0, 0.05) is 25.1 Å². The number of non-ortho nitro benzene ring substituents is 1. The van der Waals surface area contributed by atoms with Crippen molar-refractivity contribution in [1.29, 1.82) is 0 Å². The number of aliphatic hydroxyl groups is 1. The summed E-state index contributed by atoms with van der Waals surface area (Å²) in [6, 6.07) is 20.4. The number of nitrogens with one attached hydrogen (secondary N) is 2. The maximum Gasteiger partial charge on any atom is 0.410 e. The molecule has 0 saturated carbocycles. The van der Waals surface area contributed by atoms with Gasteiger partial charge in [-0.1, -0.05) is 60.7 Å². The minimum absolute atomic E-state index is 0.0283. The topological polar surface area (TPSA) is 177 Å². The first kappa shape index (κ1) is 31.6. The fourth-order valence-corrected chi connectivity index (χ4v) is 4.66. The number of benzene rings is 3. The number of carbonyl (C=O) groups is 4. The molecule has 4 rings (SSSR count). The number of rotatable bonds is 11. The second kappa shape index (κ2) is 14.2. The number of alkyl carbamates (subject to hydrolysis) is 1. The zero-order chi connectivity index (χ0) is 31.7. The molecule has 13 nitrogen and oxygen atoms in total. The van der Waals surface area contributed by atoms with Gasteiger partial charge in [0.2, 0.25) is 11.6 Å². The Morgan fingerprint density at radius 1 is 1.00 bits per heavy atom.